The number of amides is 1. The van der Waals surface area contributed by atoms with Gasteiger partial charge in [-0.15, -0.1) is 22.7 Å². The summed E-state index contributed by atoms with van der Waals surface area (Å²) in [5.74, 6) is -0.522. The van der Waals surface area contributed by atoms with E-state index in [1.54, 1.807) is 22.7 Å². The van der Waals surface area contributed by atoms with Crippen molar-refractivity contribution in [2.75, 3.05) is 7.11 Å². The predicted molar refractivity (Wildman–Crippen MR) is 79.9 cm³/mol. The van der Waals surface area contributed by atoms with E-state index in [4.69, 9.17) is 0 Å². The highest BCUT2D eigenvalue weighted by Crippen LogP contribution is 2.29. The van der Waals surface area contributed by atoms with Crippen LogP contribution in [0.4, 0.5) is 0 Å². The molecule has 0 saturated heterocycles. The topological polar surface area (TPSA) is 55.4 Å². The SMILES string of the molecule is COC(=O)CCC(=O)NC(c1cccs1)c1cccs1. The maximum Gasteiger partial charge on any atom is 0.306 e. The third-order valence-electron chi connectivity index (χ3n) is 2.74. The Balaban J connectivity index is 2.02. The lowest BCUT2D eigenvalue weighted by Gasteiger charge is -2.16. The minimum atomic E-state index is -0.371. The van der Waals surface area contributed by atoms with Crippen molar-refractivity contribution in [2.24, 2.45) is 0 Å². The number of nitrogens with one attached hydrogen (secondary N) is 1. The summed E-state index contributed by atoms with van der Waals surface area (Å²) in [5, 5.41) is 6.94. The summed E-state index contributed by atoms with van der Waals surface area (Å²) in [6, 6.07) is 7.77. The molecule has 0 saturated carbocycles. The third-order valence-corrected chi connectivity index (χ3v) is 4.62. The molecule has 1 N–H and O–H groups in total. The molecule has 20 heavy (non-hydrogen) atoms. The number of thiophene rings is 2. The Bertz CT molecular complexity index is 515. The van der Waals surface area contributed by atoms with Crippen LogP contribution >= 0.6 is 22.7 Å². The van der Waals surface area contributed by atoms with Crippen molar-refractivity contribution < 1.29 is 14.3 Å². The van der Waals surface area contributed by atoms with E-state index in [9.17, 15) is 9.59 Å². The van der Waals surface area contributed by atoms with E-state index in [0.717, 1.165) is 9.75 Å². The van der Waals surface area contributed by atoms with Gasteiger partial charge in [0.15, 0.2) is 0 Å². The molecule has 0 aliphatic carbocycles. The van der Waals surface area contributed by atoms with Gasteiger partial charge in [0.25, 0.3) is 0 Å². The molecule has 0 spiro atoms. The van der Waals surface area contributed by atoms with Crippen LogP contribution in [0.5, 0.6) is 0 Å². The molecule has 0 aromatic carbocycles. The molecule has 0 atom stereocenters. The smallest absolute Gasteiger partial charge is 0.306 e. The number of methoxy groups -OCH3 is 1. The van der Waals surface area contributed by atoms with Gasteiger partial charge < -0.3 is 10.1 Å². The van der Waals surface area contributed by atoms with Crippen LogP contribution in [0.3, 0.4) is 0 Å². The number of hydrogen-bond donors (Lipinski definition) is 1. The van der Waals surface area contributed by atoms with Gasteiger partial charge in [0, 0.05) is 16.2 Å². The highest BCUT2D eigenvalue weighted by Gasteiger charge is 2.19. The normalized spacial score (nSPS) is 10.5. The molecule has 106 valence electrons. The van der Waals surface area contributed by atoms with E-state index in [1.165, 1.54) is 7.11 Å². The average Bonchev–Trinajstić information content (AvgIpc) is 3.14. The Morgan fingerprint density at radius 1 is 1.15 bits per heavy atom. The van der Waals surface area contributed by atoms with Gasteiger partial charge in [-0.25, -0.2) is 0 Å². The zero-order valence-electron chi connectivity index (χ0n) is 11.0. The van der Waals surface area contributed by atoms with Crippen molar-refractivity contribution >= 4 is 34.6 Å². The van der Waals surface area contributed by atoms with Crippen LogP contribution in [-0.2, 0) is 14.3 Å². The van der Waals surface area contributed by atoms with E-state index in [2.05, 4.69) is 10.1 Å². The van der Waals surface area contributed by atoms with Crippen LogP contribution in [0.1, 0.15) is 28.6 Å². The van der Waals surface area contributed by atoms with Crippen molar-refractivity contribution in [3.63, 3.8) is 0 Å². The lowest BCUT2D eigenvalue weighted by molar-refractivity contribution is -0.142. The number of carbonyl (C=O) groups excluding carboxylic acids is 2. The van der Waals surface area contributed by atoms with Crippen LogP contribution in [-0.4, -0.2) is 19.0 Å². The lowest BCUT2D eigenvalue weighted by atomic mass is 10.2. The molecule has 2 aromatic heterocycles. The highest BCUT2D eigenvalue weighted by molar-refractivity contribution is 7.11. The van der Waals surface area contributed by atoms with Gasteiger partial charge in [0.1, 0.15) is 0 Å². The first-order valence-corrected chi connectivity index (χ1v) is 7.89. The van der Waals surface area contributed by atoms with E-state index in [-0.39, 0.29) is 30.8 Å². The molecule has 0 bridgehead atoms. The van der Waals surface area contributed by atoms with E-state index >= 15 is 0 Å². The quantitative estimate of drug-likeness (QED) is 0.835. The van der Waals surface area contributed by atoms with Crippen molar-refractivity contribution in [1.82, 2.24) is 5.32 Å². The van der Waals surface area contributed by atoms with Gasteiger partial charge in [-0.3, -0.25) is 9.59 Å². The van der Waals surface area contributed by atoms with E-state index in [0.29, 0.717) is 0 Å². The molecule has 2 rings (SSSR count). The Hall–Kier alpha value is -1.66. The zero-order chi connectivity index (χ0) is 14.4. The second-order valence-corrected chi connectivity index (χ2v) is 6.07. The number of carbonyl (C=O) groups is 2. The first kappa shape index (κ1) is 14.7. The van der Waals surface area contributed by atoms with Gasteiger partial charge in [-0.05, 0) is 22.9 Å². The van der Waals surface area contributed by atoms with Gasteiger partial charge in [-0.2, -0.15) is 0 Å². The van der Waals surface area contributed by atoms with Crippen LogP contribution < -0.4 is 5.32 Å². The molecule has 2 aromatic rings. The van der Waals surface area contributed by atoms with Crippen LogP contribution in [0, 0.1) is 0 Å². The number of hydrogen-bond acceptors (Lipinski definition) is 5. The number of rotatable bonds is 6. The van der Waals surface area contributed by atoms with Crippen molar-refractivity contribution in [3.05, 3.63) is 44.8 Å². The molecule has 0 aliphatic heterocycles. The largest absolute Gasteiger partial charge is 0.469 e. The zero-order valence-corrected chi connectivity index (χ0v) is 12.6. The highest BCUT2D eigenvalue weighted by atomic mass is 32.1. The molecular formula is C14H15NO3S2. The molecule has 0 unspecified atom stereocenters. The monoisotopic (exact) mass is 309 g/mol. The Kier molecular flexibility index (Phi) is 5.31. The predicted octanol–water partition coefficient (Wildman–Crippen LogP) is 2.97. The number of ether oxygens (including phenoxy) is 1. The Morgan fingerprint density at radius 2 is 1.75 bits per heavy atom. The van der Waals surface area contributed by atoms with Crippen molar-refractivity contribution in [3.8, 4) is 0 Å². The summed E-state index contributed by atoms with van der Waals surface area (Å²) in [7, 11) is 1.32. The summed E-state index contributed by atoms with van der Waals surface area (Å²) >= 11 is 3.20. The molecule has 0 fully saturated rings. The van der Waals surface area contributed by atoms with Crippen LogP contribution in [0.15, 0.2) is 35.0 Å². The minimum Gasteiger partial charge on any atom is -0.469 e. The molecular weight excluding hydrogens is 294 g/mol. The van der Waals surface area contributed by atoms with Crippen molar-refractivity contribution in [1.29, 1.82) is 0 Å². The molecule has 2 heterocycles. The second kappa shape index (κ2) is 7.21. The second-order valence-electron chi connectivity index (χ2n) is 4.11. The Labute approximate surface area is 125 Å². The lowest BCUT2D eigenvalue weighted by Crippen LogP contribution is -2.28. The Morgan fingerprint density at radius 3 is 2.20 bits per heavy atom. The molecule has 4 nitrogen and oxygen atoms in total. The van der Waals surface area contributed by atoms with Gasteiger partial charge >= 0.3 is 5.97 Å². The fourth-order valence-corrected chi connectivity index (χ4v) is 3.41. The minimum absolute atomic E-state index is 0.101. The first-order valence-electron chi connectivity index (χ1n) is 6.13. The summed E-state index contributed by atoms with van der Waals surface area (Å²) in [6.07, 6.45) is 0.240. The maximum absolute atomic E-state index is 12.0. The average molecular weight is 309 g/mol. The molecule has 0 radical (unpaired) electrons. The molecule has 1 amide bonds. The van der Waals surface area contributed by atoms with Crippen LogP contribution in [0.2, 0.25) is 0 Å². The summed E-state index contributed by atoms with van der Waals surface area (Å²) in [4.78, 5) is 25.2. The van der Waals surface area contributed by atoms with E-state index in [1.807, 2.05) is 35.0 Å². The third kappa shape index (κ3) is 3.91. The van der Waals surface area contributed by atoms with Crippen molar-refractivity contribution in [2.45, 2.75) is 18.9 Å². The fraction of sp³-hybridized carbons (Fsp3) is 0.286. The summed E-state index contributed by atoms with van der Waals surface area (Å²) in [5.41, 5.74) is 0. The van der Waals surface area contributed by atoms with Crippen LogP contribution in [0.25, 0.3) is 0 Å². The maximum atomic E-state index is 12.0. The summed E-state index contributed by atoms with van der Waals surface area (Å²) < 4.78 is 4.54. The molecule has 6 heteroatoms. The molecule has 0 aliphatic rings. The van der Waals surface area contributed by atoms with Gasteiger partial charge in [0.05, 0.1) is 19.6 Å². The van der Waals surface area contributed by atoms with Gasteiger partial charge in [0.2, 0.25) is 5.91 Å². The first-order chi connectivity index (χ1) is 9.70. The van der Waals surface area contributed by atoms with Gasteiger partial charge in [-0.1, -0.05) is 12.1 Å². The van der Waals surface area contributed by atoms with E-state index < -0.39 is 0 Å². The fourth-order valence-electron chi connectivity index (χ4n) is 1.74. The standard InChI is InChI=1S/C14H15NO3S2/c1-18-13(17)7-6-12(16)15-14(10-4-2-8-19-10)11-5-3-9-20-11/h2-5,8-9,14H,6-7H2,1H3,(H,15,16). The number of esters is 1. The summed E-state index contributed by atoms with van der Waals surface area (Å²) in [6.45, 7) is 0.